The SMILES string of the molecule is Cc1ccc([N+](=O)[O-])cc1S(=O)(=O)NCC(O)c1ccc(N(C)C)cc1. The summed E-state index contributed by atoms with van der Waals surface area (Å²) in [6, 6.07) is 10.7. The maximum absolute atomic E-state index is 12.5. The summed E-state index contributed by atoms with van der Waals surface area (Å²) in [6.45, 7) is 1.31. The van der Waals surface area contributed by atoms with E-state index in [0.29, 0.717) is 11.1 Å². The summed E-state index contributed by atoms with van der Waals surface area (Å²) in [5.74, 6) is 0. The van der Waals surface area contributed by atoms with Crippen molar-refractivity contribution in [2.75, 3.05) is 25.5 Å². The predicted molar refractivity (Wildman–Crippen MR) is 98.8 cm³/mol. The molecule has 0 saturated heterocycles. The highest BCUT2D eigenvalue weighted by atomic mass is 32.2. The van der Waals surface area contributed by atoms with Gasteiger partial charge in [0.25, 0.3) is 5.69 Å². The zero-order valence-corrected chi connectivity index (χ0v) is 15.5. The van der Waals surface area contributed by atoms with E-state index in [9.17, 15) is 23.6 Å². The minimum absolute atomic E-state index is 0.179. The van der Waals surface area contributed by atoms with Gasteiger partial charge in [0.1, 0.15) is 0 Å². The monoisotopic (exact) mass is 379 g/mol. The highest BCUT2D eigenvalue weighted by Crippen LogP contribution is 2.22. The van der Waals surface area contributed by atoms with Gasteiger partial charge in [-0.2, -0.15) is 0 Å². The van der Waals surface area contributed by atoms with Crippen molar-refractivity contribution in [1.29, 1.82) is 0 Å². The number of aliphatic hydroxyl groups is 1. The zero-order valence-electron chi connectivity index (χ0n) is 14.7. The summed E-state index contributed by atoms with van der Waals surface area (Å²) in [6.07, 6.45) is -1.04. The van der Waals surface area contributed by atoms with Gasteiger partial charge in [0.2, 0.25) is 10.0 Å². The first-order chi connectivity index (χ1) is 12.1. The Balaban J connectivity index is 2.15. The van der Waals surface area contributed by atoms with Crippen LogP contribution in [0.2, 0.25) is 0 Å². The molecule has 2 aromatic rings. The van der Waals surface area contributed by atoms with Crippen LogP contribution >= 0.6 is 0 Å². The highest BCUT2D eigenvalue weighted by molar-refractivity contribution is 7.89. The molecule has 2 N–H and O–H groups in total. The summed E-state index contributed by atoms with van der Waals surface area (Å²) in [7, 11) is -0.215. The van der Waals surface area contributed by atoms with Crippen molar-refractivity contribution >= 4 is 21.4 Å². The van der Waals surface area contributed by atoms with E-state index in [2.05, 4.69) is 4.72 Å². The third-order valence-electron chi connectivity index (χ3n) is 3.93. The molecule has 140 valence electrons. The number of nitrogens with one attached hydrogen (secondary N) is 1. The lowest BCUT2D eigenvalue weighted by Gasteiger charge is -2.16. The standard InChI is InChI=1S/C17H21N3O5S/c1-12-4-7-15(20(22)23)10-17(12)26(24,25)18-11-16(21)13-5-8-14(9-6-13)19(2)3/h4-10,16,18,21H,11H2,1-3H3. The number of benzene rings is 2. The first kappa shape index (κ1) is 19.8. The number of nitro benzene ring substituents is 1. The number of hydrogen-bond acceptors (Lipinski definition) is 6. The molecule has 26 heavy (non-hydrogen) atoms. The average Bonchev–Trinajstić information content (AvgIpc) is 2.59. The van der Waals surface area contributed by atoms with E-state index in [0.717, 1.165) is 11.8 Å². The van der Waals surface area contributed by atoms with E-state index in [-0.39, 0.29) is 17.1 Å². The maximum atomic E-state index is 12.5. The molecule has 0 saturated carbocycles. The summed E-state index contributed by atoms with van der Waals surface area (Å²) in [5, 5.41) is 21.1. The van der Waals surface area contributed by atoms with E-state index >= 15 is 0 Å². The Morgan fingerprint density at radius 1 is 1.19 bits per heavy atom. The molecule has 0 aliphatic carbocycles. The van der Waals surface area contributed by atoms with Crippen LogP contribution in [0.25, 0.3) is 0 Å². The number of aryl methyl sites for hydroxylation is 1. The Morgan fingerprint density at radius 3 is 2.35 bits per heavy atom. The first-order valence-corrected chi connectivity index (χ1v) is 9.30. The number of aliphatic hydroxyl groups excluding tert-OH is 1. The second-order valence-electron chi connectivity index (χ2n) is 6.06. The fraction of sp³-hybridized carbons (Fsp3) is 0.294. The third-order valence-corrected chi connectivity index (χ3v) is 5.50. The molecule has 9 heteroatoms. The predicted octanol–water partition coefficient (Wildman–Crippen LogP) is 1.98. The van der Waals surface area contributed by atoms with Gasteiger partial charge in [0.05, 0.1) is 15.9 Å². The molecule has 0 radical (unpaired) electrons. The Kier molecular flexibility index (Phi) is 5.96. The van der Waals surface area contributed by atoms with E-state index in [1.807, 2.05) is 31.1 Å². The number of non-ortho nitro benzene ring substituents is 1. The highest BCUT2D eigenvalue weighted by Gasteiger charge is 2.21. The number of rotatable bonds is 7. The van der Waals surface area contributed by atoms with Gasteiger partial charge < -0.3 is 10.0 Å². The van der Waals surface area contributed by atoms with Crippen molar-refractivity contribution in [1.82, 2.24) is 4.72 Å². The molecule has 0 amide bonds. The van der Waals surface area contributed by atoms with Gasteiger partial charge in [-0.05, 0) is 30.2 Å². The van der Waals surface area contributed by atoms with Crippen LogP contribution in [0.4, 0.5) is 11.4 Å². The van der Waals surface area contributed by atoms with Crippen LogP contribution in [-0.2, 0) is 10.0 Å². The van der Waals surface area contributed by atoms with Crippen molar-refractivity contribution < 1.29 is 18.4 Å². The fourth-order valence-electron chi connectivity index (χ4n) is 2.37. The summed E-state index contributed by atoms with van der Waals surface area (Å²) >= 11 is 0. The van der Waals surface area contributed by atoms with E-state index in [1.165, 1.54) is 12.1 Å². The minimum Gasteiger partial charge on any atom is -0.387 e. The molecule has 8 nitrogen and oxygen atoms in total. The zero-order chi connectivity index (χ0) is 19.5. The van der Waals surface area contributed by atoms with Gasteiger partial charge in [-0.1, -0.05) is 18.2 Å². The second-order valence-corrected chi connectivity index (χ2v) is 7.80. The topological polar surface area (TPSA) is 113 Å². The van der Waals surface area contributed by atoms with Crippen LogP contribution < -0.4 is 9.62 Å². The maximum Gasteiger partial charge on any atom is 0.270 e. The van der Waals surface area contributed by atoms with Gasteiger partial charge in [-0.3, -0.25) is 10.1 Å². The van der Waals surface area contributed by atoms with Crippen LogP contribution in [0.3, 0.4) is 0 Å². The first-order valence-electron chi connectivity index (χ1n) is 7.82. The molecule has 1 atom stereocenters. The fourth-order valence-corrected chi connectivity index (χ4v) is 3.67. The van der Waals surface area contributed by atoms with Crippen molar-refractivity contribution in [3.05, 3.63) is 63.7 Å². The summed E-state index contributed by atoms with van der Waals surface area (Å²) in [5.41, 5.74) is 1.59. The van der Waals surface area contributed by atoms with E-state index in [1.54, 1.807) is 19.1 Å². The minimum atomic E-state index is -3.99. The van der Waals surface area contributed by atoms with Crippen LogP contribution in [0, 0.1) is 17.0 Å². The smallest absolute Gasteiger partial charge is 0.270 e. The van der Waals surface area contributed by atoms with Crippen LogP contribution in [-0.4, -0.2) is 39.1 Å². The molecule has 0 aliphatic heterocycles. The van der Waals surface area contributed by atoms with Gasteiger partial charge in [0, 0.05) is 38.5 Å². The molecule has 0 bridgehead atoms. The van der Waals surface area contributed by atoms with Crippen molar-refractivity contribution in [3.8, 4) is 0 Å². The molecule has 0 aromatic heterocycles. The second kappa shape index (κ2) is 7.81. The lowest BCUT2D eigenvalue weighted by Crippen LogP contribution is -2.29. The third kappa shape index (κ3) is 4.57. The summed E-state index contributed by atoms with van der Waals surface area (Å²) < 4.78 is 27.2. The van der Waals surface area contributed by atoms with Crippen molar-refractivity contribution in [2.45, 2.75) is 17.9 Å². The average molecular weight is 379 g/mol. The van der Waals surface area contributed by atoms with E-state index < -0.39 is 21.1 Å². The Bertz CT molecular complexity index is 895. The van der Waals surface area contributed by atoms with Crippen LogP contribution in [0.1, 0.15) is 17.2 Å². The number of hydrogen-bond donors (Lipinski definition) is 2. The lowest BCUT2D eigenvalue weighted by molar-refractivity contribution is -0.385. The van der Waals surface area contributed by atoms with E-state index in [4.69, 9.17) is 0 Å². The molecule has 1 unspecified atom stereocenters. The van der Waals surface area contributed by atoms with Crippen LogP contribution in [0.15, 0.2) is 47.4 Å². The molecule has 0 spiro atoms. The Morgan fingerprint density at radius 2 is 1.81 bits per heavy atom. The van der Waals surface area contributed by atoms with Gasteiger partial charge in [0.15, 0.2) is 0 Å². The number of nitrogens with zero attached hydrogens (tertiary/aromatic N) is 2. The quantitative estimate of drug-likeness (QED) is 0.562. The molecule has 0 fully saturated rings. The van der Waals surface area contributed by atoms with Gasteiger partial charge >= 0.3 is 0 Å². The number of anilines is 1. The molecule has 0 aliphatic rings. The molecule has 0 heterocycles. The van der Waals surface area contributed by atoms with Gasteiger partial charge in [-0.25, -0.2) is 13.1 Å². The normalized spacial score (nSPS) is 12.6. The number of nitro groups is 1. The Hall–Kier alpha value is -2.49. The Labute approximate surface area is 152 Å². The van der Waals surface area contributed by atoms with Gasteiger partial charge in [-0.15, -0.1) is 0 Å². The molecular weight excluding hydrogens is 358 g/mol. The molecule has 2 aromatic carbocycles. The largest absolute Gasteiger partial charge is 0.387 e. The molecule has 2 rings (SSSR count). The van der Waals surface area contributed by atoms with Crippen molar-refractivity contribution in [2.24, 2.45) is 0 Å². The van der Waals surface area contributed by atoms with Crippen molar-refractivity contribution in [3.63, 3.8) is 0 Å². The lowest BCUT2D eigenvalue weighted by atomic mass is 10.1. The van der Waals surface area contributed by atoms with Crippen LogP contribution in [0.5, 0.6) is 0 Å². The molecular formula is C17H21N3O5S. The number of sulfonamides is 1. The summed E-state index contributed by atoms with van der Waals surface area (Å²) in [4.78, 5) is 11.9.